The molecule has 1 saturated heterocycles. The first kappa shape index (κ1) is 10.6. The molecule has 0 aliphatic carbocycles. The molecule has 1 unspecified atom stereocenters. The van der Waals surface area contributed by atoms with Crippen molar-refractivity contribution in [1.82, 2.24) is 4.90 Å². The summed E-state index contributed by atoms with van der Waals surface area (Å²) in [7, 11) is 0. The van der Waals surface area contributed by atoms with Crippen LogP contribution in [0.25, 0.3) is 0 Å². The first-order valence-electron chi connectivity index (χ1n) is 5.29. The Kier molecular flexibility index (Phi) is 3.39. The molecule has 1 aliphatic rings. The van der Waals surface area contributed by atoms with Crippen molar-refractivity contribution in [2.75, 3.05) is 13.1 Å². The quantitative estimate of drug-likeness (QED) is 0.602. The van der Waals surface area contributed by atoms with Gasteiger partial charge in [0.05, 0.1) is 6.54 Å². The van der Waals surface area contributed by atoms with E-state index in [1.54, 1.807) is 0 Å². The van der Waals surface area contributed by atoms with Gasteiger partial charge in [-0.3, -0.25) is 4.90 Å². The lowest BCUT2D eigenvalue weighted by Gasteiger charge is -2.36. The fourth-order valence-electron chi connectivity index (χ4n) is 2.25. The van der Waals surface area contributed by atoms with Gasteiger partial charge in [-0.1, -0.05) is 26.7 Å². The summed E-state index contributed by atoms with van der Waals surface area (Å²) >= 11 is 0. The van der Waals surface area contributed by atoms with Gasteiger partial charge in [0.2, 0.25) is 0 Å². The van der Waals surface area contributed by atoms with E-state index in [1.165, 1.54) is 25.8 Å². The lowest BCUT2D eigenvalue weighted by Crippen LogP contribution is -2.40. The minimum absolute atomic E-state index is 0.424. The normalized spacial score (nSPS) is 24.6. The van der Waals surface area contributed by atoms with Crippen molar-refractivity contribution in [3.8, 4) is 12.3 Å². The van der Waals surface area contributed by atoms with Crippen LogP contribution in [0.3, 0.4) is 0 Å². The van der Waals surface area contributed by atoms with E-state index in [4.69, 9.17) is 6.42 Å². The number of likely N-dealkylation sites (tertiary alicyclic amines) is 1. The molecule has 0 spiro atoms. The molecule has 1 fully saturated rings. The average Bonchev–Trinajstić information content (AvgIpc) is 2.54. The molecule has 0 aromatic heterocycles. The lowest BCUT2D eigenvalue weighted by atomic mass is 9.80. The largest absolute Gasteiger partial charge is 0.289 e. The maximum atomic E-state index is 5.36. The molecule has 0 radical (unpaired) electrons. The number of rotatable bonds is 3. The van der Waals surface area contributed by atoms with Crippen LogP contribution in [-0.2, 0) is 0 Å². The van der Waals surface area contributed by atoms with Crippen LogP contribution in [0.5, 0.6) is 0 Å². The average molecular weight is 179 g/mol. The fourth-order valence-corrected chi connectivity index (χ4v) is 2.25. The van der Waals surface area contributed by atoms with Crippen molar-refractivity contribution in [3.05, 3.63) is 0 Å². The molecule has 1 rings (SSSR count). The second-order valence-corrected chi connectivity index (χ2v) is 4.67. The van der Waals surface area contributed by atoms with Crippen LogP contribution >= 0.6 is 0 Å². The van der Waals surface area contributed by atoms with Gasteiger partial charge < -0.3 is 0 Å². The zero-order valence-electron chi connectivity index (χ0n) is 9.14. The van der Waals surface area contributed by atoms with E-state index in [0.29, 0.717) is 11.5 Å². The van der Waals surface area contributed by atoms with Crippen LogP contribution in [0.1, 0.15) is 40.0 Å². The summed E-state index contributed by atoms with van der Waals surface area (Å²) in [6, 6.07) is 0.702. The van der Waals surface area contributed by atoms with E-state index in [1.807, 2.05) is 0 Å². The highest BCUT2D eigenvalue weighted by Gasteiger charge is 2.35. The molecule has 0 bridgehead atoms. The monoisotopic (exact) mass is 179 g/mol. The van der Waals surface area contributed by atoms with E-state index >= 15 is 0 Å². The molecule has 1 atom stereocenters. The smallest absolute Gasteiger partial charge is 0.0601 e. The number of terminal acetylenes is 1. The summed E-state index contributed by atoms with van der Waals surface area (Å²) < 4.78 is 0. The minimum atomic E-state index is 0.424. The first-order chi connectivity index (χ1) is 6.11. The fraction of sp³-hybridized carbons (Fsp3) is 0.833. The Labute approximate surface area is 82.5 Å². The molecule has 0 saturated carbocycles. The van der Waals surface area contributed by atoms with E-state index in [-0.39, 0.29) is 0 Å². The van der Waals surface area contributed by atoms with Gasteiger partial charge in [-0.25, -0.2) is 0 Å². The molecule has 0 aromatic rings. The maximum Gasteiger partial charge on any atom is 0.0601 e. The van der Waals surface area contributed by atoms with Crippen LogP contribution in [0.2, 0.25) is 0 Å². The van der Waals surface area contributed by atoms with Gasteiger partial charge in [-0.2, -0.15) is 0 Å². The summed E-state index contributed by atoms with van der Waals surface area (Å²) in [6.07, 6.45) is 9.24. The first-order valence-corrected chi connectivity index (χ1v) is 5.29. The Morgan fingerprint density at radius 1 is 1.54 bits per heavy atom. The van der Waals surface area contributed by atoms with Crippen molar-refractivity contribution in [1.29, 1.82) is 0 Å². The topological polar surface area (TPSA) is 3.24 Å². The number of hydrogen-bond acceptors (Lipinski definition) is 1. The van der Waals surface area contributed by atoms with Crippen LogP contribution in [-0.4, -0.2) is 24.0 Å². The third-order valence-electron chi connectivity index (χ3n) is 3.47. The summed E-state index contributed by atoms with van der Waals surface area (Å²) in [5.41, 5.74) is 0.424. The van der Waals surface area contributed by atoms with Crippen molar-refractivity contribution in [3.63, 3.8) is 0 Å². The summed E-state index contributed by atoms with van der Waals surface area (Å²) in [5, 5.41) is 0. The molecule has 0 N–H and O–H groups in total. The molecule has 0 aromatic carbocycles. The van der Waals surface area contributed by atoms with E-state index in [9.17, 15) is 0 Å². The molecule has 0 amide bonds. The van der Waals surface area contributed by atoms with E-state index in [0.717, 1.165) is 6.54 Å². The Morgan fingerprint density at radius 3 is 2.77 bits per heavy atom. The number of hydrogen-bond donors (Lipinski definition) is 0. The predicted molar refractivity (Wildman–Crippen MR) is 57.5 cm³/mol. The second-order valence-electron chi connectivity index (χ2n) is 4.67. The zero-order valence-corrected chi connectivity index (χ0v) is 9.14. The molecule has 1 heterocycles. The third kappa shape index (κ3) is 2.25. The predicted octanol–water partition coefficient (Wildman–Crippen LogP) is 2.52. The molecule has 1 aliphatic heterocycles. The van der Waals surface area contributed by atoms with Gasteiger partial charge in [-0.15, -0.1) is 6.42 Å². The highest BCUT2D eigenvalue weighted by atomic mass is 15.2. The standard InChI is InChI=1S/C12H21N/c1-5-9-13-10-7-8-11(13)12(3,4)6-2/h1,11H,6-10H2,2-4H3. The lowest BCUT2D eigenvalue weighted by molar-refractivity contribution is 0.135. The SMILES string of the molecule is C#CCN1CCCC1C(C)(C)CC. The Hall–Kier alpha value is -0.480. The van der Waals surface area contributed by atoms with Crippen LogP contribution in [0.4, 0.5) is 0 Å². The van der Waals surface area contributed by atoms with Gasteiger partial charge in [0.25, 0.3) is 0 Å². The molecule has 13 heavy (non-hydrogen) atoms. The molecular weight excluding hydrogens is 158 g/mol. The van der Waals surface area contributed by atoms with Gasteiger partial charge >= 0.3 is 0 Å². The Bertz CT molecular complexity index is 200. The van der Waals surface area contributed by atoms with Gasteiger partial charge in [0, 0.05) is 6.04 Å². The molecular formula is C12H21N. The van der Waals surface area contributed by atoms with Crippen molar-refractivity contribution >= 4 is 0 Å². The molecule has 1 heteroatoms. The highest BCUT2D eigenvalue weighted by Crippen LogP contribution is 2.35. The highest BCUT2D eigenvalue weighted by molar-refractivity contribution is 4.96. The Morgan fingerprint density at radius 2 is 2.23 bits per heavy atom. The molecule has 74 valence electrons. The zero-order chi connectivity index (χ0) is 9.90. The maximum absolute atomic E-state index is 5.36. The van der Waals surface area contributed by atoms with Crippen molar-refractivity contribution in [2.45, 2.75) is 46.1 Å². The van der Waals surface area contributed by atoms with Gasteiger partial charge in [0.15, 0.2) is 0 Å². The van der Waals surface area contributed by atoms with Crippen molar-refractivity contribution < 1.29 is 0 Å². The summed E-state index contributed by atoms with van der Waals surface area (Å²) in [4.78, 5) is 2.46. The summed E-state index contributed by atoms with van der Waals surface area (Å²) in [6.45, 7) is 9.00. The summed E-state index contributed by atoms with van der Waals surface area (Å²) in [5.74, 6) is 2.76. The van der Waals surface area contributed by atoms with Crippen LogP contribution in [0.15, 0.2) is 0 Å². The van der Waals surface area contributed by atoms with Crippen LogP contribution in [0, 0.1) is 17.8 Å². The van der Waals surface area contributed by atoms with E-state index in [2.05, 4.69) is 31.6 Å². The van der Waals surface area contributed by atoms with E-state index < -0.39 is 0 Å². The van der Waals surface area contributed by atoms with Gasteiger partial charge in [0.1, 0.15) is 0 Å². The second kappa shape index (κ2) is 4.15. The number of nitrogens with zero attached hydrogens (tertiary/aromatic N) is 1. The van der Waals surface area contributed by atoms with Crippen LogP contribution < -0.4 is 0 Å². The third-order valence-corrected chi connectivity index (χ3v) is 3.47. The van der Waals surface area contributed by atoms with Gasteiger partial charge in [-0.05, 0) is 31.2 Å². The Balaban J connectivity index is 2.63. The van der Waals surface area contributed by atoms with Crippen molar-refractivity contribution in [2.24, 2.45) is 5.41 Å². The minimum Gasteiger partial charge on any atom is -0.289 e. The molecule has 1 nitrogen and oxygen atoms in total.